The van der Waals surface area contributed by atoms with Gasteiger partial charge in [-0.2, -0.15) is 17.9 Å². The Kier molecular flexibility index (Phi) is 7.37. The molecule has 184 valence electrons. The third-order valence-corrected chi connectivity index (χ3v) is 6.88. The highest BCUT2D eigenvalue weighted by Gasteiger charge is 2.32. The molecule has 0 spiro atoms. The lowest BCUT2D eigenvalue weighted by molar-refractivity contribution is -0.137. The fraction of sp³-hybridized carbons (Fsp3) is 0.391. The molecule has 0 saturated carbocycles. The van der Waals surface area contributed by atoms with Gasteiger partial charge in [0.05, 0.1) is 10.5 Å². The smallest absolute Gasteiger partial charge is 0.325 e. The molecule has 2 aromatic rings. The van der Waals surface area contributed by atoms with Crippen LogP contribution in [0.25, 0.3) is 0 Å². The molecule has 1 atom stereocenters. The second-order valence-corrected chi connectivity index (χ2v) is 10.3. The second kappa shape index (κ2) is 9.75. The van der Waals surface area contributed by atoms with Crippen LogP contribution in [0.2, 0.25) is 0 Å². The summed E-state index contributed by atoms with van der Waals surface area (Å²) < 4.78 is 67.5. The average molecular weight is 498 g/mol. The van der Waals surface area contributed by atoms with E-state index in [-0.39, 0.29) is 28.8 Å². The van der Waals surface area contributed by atoms with E-state index in [1.165, 1.54) is 25.1 Å². The number of carbonyl (C=O) groups is 2. The summed E-state index contributed by atoms with van der Waals surface area (Å²) in [5.41, 5.74) is 0.332. The van der Waals surface area contributed by atoms with Crippen molar-refractivity contribution in [2.75, 3.05) is 16.8 Å². The van der Waals surface area contributed by atoms with Gasteiger partial charge in [-0.1, -0.05) is 19.9 Å². The lowest BCUT2D eigenvalue weighted by Gasteiger charge is -2.21. The minimum Gasteiger partial charge on any atom is -0.325 e. The first-order valence-electron chi connectivity index (χ1n) is 10.7. The van der Waals surface area contributed by atoms with Crippen molar-refractivity contribution >= 4 is 33.2 Å². The van der Waals surface area contributed by atoms with Crippen molar-refractivity contribution in [3.63, 3.8) is 0 Å². The highest BCUT2D eigenvalue weighted by atomic mass is 32.2. The number of rotatable bonds is 7. The van der Waals surface area contributed by atoms with Crippen LogP contribution < -0.4 is 14.9 Å². The van der Waals surface area contributed by atoms with Gasteiger partial charge in [0.2, 0.25) is 21.8 Å². The van der Waals surface area contributed by atoms with E-state index >= 15 is 0 Å². The summed E-state index contributed by atoms with van der Waals surface area (Å²) >= 11 is 0. The molecule has 3 rings (SSSR count). The number of sulfonamides is 1. The molecule has 7 nitrogen and oxygen atoms in total. The van der Waals surface area contributed by atoms with Crippen LogP contribution in [0, 0.1) is 5.92 Å². The minimum absolute atomic E-state index is 0.0581. The molecule has 0 fully saturated rings. The minimum atomic E-state index is -4.58. The topological polar surface area (TPSA) is 95.6 Å². The van der Waals surface area contributed by atoms with E-state index in [4.69, 9.17) is 0 Å². The first-order valence-corrected chi connectivity index (χ1v) is 12.2. The first-order chi connectivity index (χ1) is 15.8. The molecule has 34 heavy (non-hydrogen) atoms. The van der Waals surface area contributed by atoms with Gasteiger partial charge in [-0.05, 0) is 60.7 Å². The summed E-state index contributed by atoms with van der Waals surface area (Å²) in [6.45, 7) is 5.48. The maximum Gasteiger partial charge on any atom is 0.416 e. The quantitative estimate of drug-likeness (QED) is 0.606. The summed E-state index contributed by atoms with van der Waals surface area (Å²) in [4.78, 5) is 26.1. The number of hydrogen-bond acceptors (Lipinski definition) is 4. The highest BCUT2D eigenvalue weighted by molar-refractivity contribution is 7.89. The molecular weight excluding hydrogens is 471 g/mol. The fourth-order valence-corrected chi connectivity index (χ4v) is 5.07. The van der Waals surface area contributed by atoms with Crippen molar-refractivity contribution in [3.05, 3.63) is 53.6 Å². The maximum atomic E-state index is 13.1. The van der Waals surface area contributed by atoms with Crippen molar-refractivity contribution < 1.29 is 31.2 Å². The number of nitrogens with one attached hydrogen (secondary N) is 2. The zero-order valence-electron chi connectivity index (χ0n) is 18.9. The van der Waals surface area contributed by atoms with Gasteiger partial charge in [0.25, 0.3) is 0 Å². The van der Waals surface area contributed by atoms with E-state index in [1.807, 2.05) is 0 Å². The zero-order chi connectivity index (χ0) is 25.3. The summed E-state index contributed by atoms with van der Waals surface area (Å²) in [5, 5.41) is 2.38. The van der Waals surface area contributed by atoms with Crippen LogP contribution in [0.4, 0.5) is 24.5 Å². The molecule has 0 bridgehead atoms. The van der Waals surface area contributed by atoms with E-state index in [2.05, 4.69) is 10.0 Å². The van der Waals surface area contributed by atoms with Gasteiger partial charge in [-0.25, -0.2) is 8.42 Å². The number of nitrogens with zero attached hydrogens (tertiary/aromatic N) is 1. The van der Waals surface area contributed by atoms with E-state index in [0.29, 0.717) is 24.2 Å². The van der Waals surface area contributed by atoms with Gasteiger partial charge < -0.3 is 10.2 Å². The Morgan fingerprint density at radius 1 is 1.12 bits per heavy atom. The summed E-state index contributed by atoms with van der Waals surface area (Å²) in [5.74, 6) is -0.986. The second-order valence-electron chi connectivity index (χ2n) is 8.58. The summed E-state index contributed by atoms with van der Waals surface area (Å²) in [6, 6.07) is 7.31. The van der Waals surface area contributed by atoms with Crippen molar-refractivity contribution in [2.24, 2.45) is 5.92 Å². The maximum absolute atomic E-state index is 13.1. The van der Waals surface area contributed by atoms with Crippen LogP contribution in [-0.4, -0.2) is 32.8 Å². The van der Waals surface area contributed by atoms with Crippen LogP contribution in [0.3, 0.4) is 0 Å². The number of alkyl halides is 3. The standard InChI is InChI=1S/C23H26F3N3O4S/c1-14(2)11-20(22(31)27-18-6-4-5-17(13-18)23(24,25)26)28-34(32,33)19-7-8-21-16(12-19)9-10-29(21)15(3)30/h4-8,12-14,20,28H,9-11H2,1-3H3,(H,27,31)/t20-/m0/s1. The van der Waals surface area contributed by atoms with Crippen LogP contribution in [0.15, 0.2) is 47.4 Å². The predicted octanol–water partition coefficient (Wildman–Crippen LogP) is 3.95. The lowest BCUT2D eigenvalue weighted by atomic mass is 10.0. The number of fused-ring (bicyclic) bond motifs is 1. The highest BCUT2D eigenvalue weighted by Crippen LogP contribution is 2.32. The van der Waals surface area contributed by atoms with Crippen molar-refractivity contribution in [1.82, 2.24) is 4.72 Å². The molecule has 1 aliphatic rings. The number of hydrogen-bond donors (Lipinski definition) is 2. The van der Waals surface area contributed by atoms with E-state index in [9.17, 15) is 31.2 Å². The van der Waals surface area contributed by atoms with Crippen LogP contribution in [0.1, 0.15) is 38.3 Å². The van der Waals surface area contributed by atoms with Gasteiger partial charge in [-0.3, -0.25) is 9.59 Å². The first kappa shape index (κ1) is 25.7. The third-order valence-electron chi connectivity index (χ3n) is 5.42. The molecule has 1 aliphatic heterocycles. The molecule has 1 heterocycles. The van der Waals surface area contributed by atoms with Crippen LogP contribution >= 0.6 is 0 Å². The summed E-state index contributed by atoms with van der Waals surface area (Å²) in [7, 11) is -4.13. The molecule has 0 saturated heterocycles. The molecule has 2 aromatic carbocycles. The third kappa shape index (κ3) is 5.95. The Morgan fingerprint density at radius 3 is 2.44 bits per heavy atom. The average Bonchev–Trinajstić information content (AvgIpc) is 3.16. The molecule has 0 aromatic heterocycles. The number of benzene rings is 2. The Labute approximate surface area is 196 Å². The Morgan fingerprint density at radius 2 is 1.82 bits per heavy atom. The van der Waals surface area contributed by atoms with Crippen LogP contribution in [-0.2, 0) is 32.2 Å². The van der Waals surface area contributed by atoms with Gasteiger partial charge in [-0.15, -0.1) is 0 Å². The molecule has 0 radical (unpaired) electrons. The predicted molar refractivity (Wildman–Crippen MR) is 122 cm³/mol. The SMILES string of the molecule is CC(=O)N1CCc2cc(S(=O)(=O)N[C@@H](CC(C)C)C(=O)Nc3cccc(C(F)(F)F)c3)ccc21. The molecular formula is C23H26F3N3O4S. The fourth-order valence-electron chi connectivity index (χ4n) is 3.81. The van der Waals surface area contributed by atoms with Crippen molar-refractivity contribution in [3.8, 4) is 0 Å². The lowest BCUT2D eigenvalue weighted by Crippen LogP contribution is -2.44. The van der Waals surface area contributed by atoms with Gasteiger partial charge >= 0.3 is 6.18 Å². The number of anilines is 2. The largest absolute Gasteiger partial charge is 0.416 e. The molecule has 11 heteroatoms. The van der Waals surface area contributed by atoms with E-state index in [0.717, 1.165) is 18.2 Å². The van der Waals surface area contributed by atoms with E-state index in [1.54, 1.807) is 24.8 Å². The zero-order valence-corrected chi connectivity index (χ0v) is 19.8. The van der Waals surface area contributed by atoms with Crippen molar-refractivity contribution in [2.45, 2.75) is 50.7 Å². The molecule has 0 aliphatic carbocycles. The Balaban J connectivity index is 1.82. The normalized spacial score (nSPS) is 14.7. The molecule has 2 N–H and O–H groups in total. The van der Waals surface area contributed by atoms with Gasteiger partial charge in [0.1, 0.15) is 6.04 Å². The molecule has 0 unspecified atom stereocenters. The number of carbonyl (C=O) groups excluding carboxylic acids is 2. The Bertz CT molecular complexity index is 1200. The Hall–Kier alpha value is -2.92. The monoisotopic (exact) mass is 497 g/mol. The summed E-state index contributed by atoms with van der Waals surface area (Å²) in [6.07, 6.45) is -3.94. The van der Waals surface area contributed by atoms with E-state index < -0.39 is 33.7 Å². The number of amides is 2. The van der Waals surface area contributed by atoms with Gasteiger partial charge in [0, 0.05) is 24.8 Å². The number of halogens is 3. The molecule has 2 amide bonds. The van der Waals surface area contributed by atoms with Gasteiger partial charge in [0.15, 0.2) is 0 Å². The van der Waals surface area contributed by atoms with Crippen LogP contribution in [0.5, 0.6) is 0 Å². The van der Waals surface area contributed by atoms with Crippen molar-refractivity contribution in [1.29, 1.82) is 0 Å².